The summed E-state index contributed by atoms with van der Waals surface area (Å²) in [6.45, 7) is 0. The minimum Gasteiger partial charge on any atom is -0.497 e. The molecule has 0 radical (unpaired) electrons. The highest BCUT2D eigenvalue weighted by Gasteiger charge is 2.41. The molecule has 44 heavy (non-hydrogen) atoms. The molecule has 1 amide bonds. The van der Waals surface area contributed by atoms with E-state index in [-0.39, 0.29) is 28.8 Å². The Labute approximate surface area is 261 Å². The number of ketones is 1. The Morgan fingerprint density at radius 2 is 1.91 bits per heavy atom. The van der Waals surface area contributed by atoms with E-state index >= 15 is 0 Å². The number of benzene rings is 2. The van der Waals surface area contributed by atoms with Crippen LogP contribution in [0.25, 0.3) is 0 Å². The van der Waals surface area contributed by atoms with Crippen LogP contribution in [0.5, 0.6) is 11.5 Å². The predicted octanol–water partition coefficient (Wildman–Crippen LogP) is 4.38. The van der Waals surface area contributed by atoms with Crippen LogP contribution in [0.1, 0.15) is 41.1 Å². The molecule has 12 nitrogen and oxygen atoms in total. The second kappa shape index (κ2) is 13.2. The average molecular weight is 633 g/mol. The fourth-order valence-corrected chi connectivity index (χ4v) is 6.82. The first kappa shape index (κ1) is 30.6. The number of nitrogens with zero attached hydrogens (tertiary/aromatic N) is 4. The van der Waals surface area contributed by atoms with E-state index in [9.17, 15) is 19.6 Å². The van der Waals surface area contributed by atoms with Gasteiger partial charge in [0.25, 0.3) is 0 Å². The van der Waals surface area contributed by atoms with Gasteiger partial charge in [-0.1, -0.05) is 35.2 Å². The van der Waals surface area contributed by atoms with Crippen LogP contribution < -0.4 is 25.4 Å². The number of allylic oxidation sites excluding steroid dienone is 3. The number of nitriles is 1. The first-order valence-electron chi connectivity index (χ1n) is 13.4. The fraction of sp³-hybridized carbons (Fsp3) is 0.267. The Kier molecular flexibility index (Phi) is 9.17. The summed E-state index contributed by atoms with van der Waals surface area (Å²) in [6, 6.07) is 13.9. The van der Waals surface area contributed by atoms with Crippen molar-refractivity contribution < 1.29 is 28.6 Å². The lowest BCUT2D eigenvalue weighted by atomic mass is 9.75. The van der Waals surface area contributed by atoms with Crippen LogP contribution in [-0.2, 0) is 14.3 Å². The first-order valence-corrected chi connectivity index (χ1v) is 15.2. The van der Waals surface area contributed by atoms with Gasteiger partial charge in [-0.05, 0) is 42.7 Å². The maximum absolute atomic E-state index is 13.4. The third kappa shape index (κ3) is 5.97. The van der Waals surface area contributed by atoms with Crippen LogP contribution in [0.4, 0.5) is 10.8 Å². The predicted molar refractivity (Wildman–Crippen MR) is 165 cm³/mol. The summed E-state index contributed by atoms with van der Waals surface area (Å²) >= 11 is 2.40. The molecule has 2 heterocycles. The maximum Gasteiger partial charge on any atom is 0.337 e. The molecule has 1 unspecified atom stereocenters. The summed E-state index contributed by atoms with van der Waals surface area (Å²) in [5.74, 6) is -0.266. The van der Waals surface area contributed by atoms with Gasteiger partial charge < -0.3 is 25.3 Å². The molecule has 0 saturated carbocycles. The van der Waals surface area contributed by atoms with Crippen LogP contribution in [0, 0.1) is 11.3 Å². The molecular weight excluding hydrogens is 605 g/mol. The van der Waals surface area contributed by atoms with E-state index in [0.717, 1.165) is 0 Å². The Balaban J connectivity index is 1.39. The topological polar surface area (TPSA) is 170 Å². The molecule has 0 spiro atoms. The van der Waals surface area contributed by atoms with Crippen molar-refractivity contribution >= 4 is 51.6 Å². The Bertz CT molecular complexity index is 1730. The van der Waals surface area contributed by atoms with Gasteiger partial charge >= 0.3 is 5.97 Å². The highest BCUT2D eigenvalue weighted by atomic mass is 32.2. The number of hydrogen-bond donors (Lipinski definition) is 2. The van der Waals surface area contributed by atoms with Crippen molar-refractivity contribution in [2.75, 3.05) is 37.3 Å². The van der Waals surface area contributed by atoms with E-state index < -0.39 is 11.9 Å². The molecule has 3 aromatic rings. The number of thioether (sulfide) groups is 1. The maximum atomic E-state index is 13.4. The number of nitrogens with two attached hydrogens (primary N) is 1. The molecule has 2 aliphatic rings. The van der Waals surface area contributed by atoms with Gasteiger partial charge in [-0.15, -0.1) is 10.2 Å². The second-order valence-electron chi connectivity index (χ2n) is 9.68. The van der Waals surface area contributed by atoms with Crippen molar-refractivity contribution in [1.29, 1.82) is 5.26 Å². The number of hydrogen-bond acceptors (Lipinski definition) is 13. The summed E-state index contributed by atoms with van der Waals surface area (Å²) < 4.78 is 15.8. The lowest BCUT2D eigenvalue weighted by Gasteiger charge is -2.38. The number of amides is 1. The summed E-state index contributed by atoms with van der Waals surface area (Å²) in [5.41, 5.74) is 9.47. The zero-order valence-electron chi connectivity index (χ0n) is 24.1. The van der Waals surface area contributed by atoms with Crippen molar-refractivity contribution in [3.63, 3.8) is 0 Å². The van der Waals surface area contributed by atoms with Crippen molar-refractivity contribution in [2.24, 2.45) is 5.73 Å². The van der Waals surface area contributed by atoms with Gasteiger partial charge in [-0.25, -0.2) is 4.79 Å². The molecule has 1 atom stereocenters. The van der Waals surface area contributed by atoms with Gasteiger partial charge in [0.1, 0.15) is 17.3 Å². The number of ether oxygens (including phenoxy) is 3. The van der Waals surface area contributed by atoms with E-state index in [1.54, 1.807) is 54.5 Å². The third-order valence-electron chi connectivity index (χ3n) is 7.18. The Morgan fingerprint density at radius 1 is 1.14 bits per heavy atom. The van der Waals surface area contributed by atoms with Crippen LogP contribution in [0.15, 0.2) is 69.5 Å². The zero-order valence-corrected chi connectivity index (χ0v) is 25.7. The Morgan fingerprint density at radius 3 is 2.59 bits per heavy atom. The number of Topliss-reactive ketones (excluding diaryl/α,β-unsaturated/α-hetero) is 1. The van der Waals surface area contributed by atoms with E-state index in [2.05, 4.69) is 21.6 Å². The minimum absolute atomic E-state index is 0.0503. The number of anilines is 2. The molecule has 1 aliphatic heterocycles. The summed E-state index contributed by atoms with van der Waals surface area (Å²) in [6.07, 6.45) is 1.51. The minimum atomic E-state index is -0.689. The van der Waals surface area contributed by atoms with Gasteiger partial charge in [0.15, 0.2) is 10.1 Å². The van der Waals surface area contributed by atoms with Crippen molar-refractivity contribution in [3.8, 4) is 17.6 Å². The second-order valence-corrected chi connectivity index (χ2v) is 11.9. The summed E-state index contributed by atoms with van der Waals surface area (Å²) in [7, 11) is 4.35. The van der Waals surface area contributed by atoms with Crippen LogP contribution >= 0.6 is 23.1 Å². The average Bonchev–Trinajstić information content (AvgIpc) is 3.51. The van der Waals surface area contributed by atoms with E-state index in [1.165, 1.54) is 37.3 Å². The number of rotatable bonds is 9. The molecular formula is C30H28N6O6S2. The van der Waals surface area contributed by atoms with Crippen LogP contribution in [0.3, 0.4) is 0 Å². The molecule has 2 aromatic carbocycles. The van der Waals surface area contributed by atoms with Gasteiger partial charge in [0.2, 0.25) is 11.0 Å². The molecule has 3 N–H and O–H groups in total. The SMILES string of the molecule is COC(=O)c1ccc(C2C(C#N)=C(N)N(c3nnc(SCC(=O)Nc4ccc(OC)cc4OC)s3)C3=C2C(=O)CCC3)cc1. The zero-order chi connectivity index (χ0) is 31.4. The normalized spacial score (nSPS) is 16.3. The van der Waals surface area contributed by atoms with Gasteiger partial charge in [-0.2, -0.15) is 5.26 Å². The van der Waals surface area contributed by atoms with Gasteiger partial charge in [0, 0.05) is 23.8 Å². The van der Waals surface area contributed by atoms with Gasteiger partial charge in [-0.3, -0.25) is 14.5 Å². The molecule has 0 saturated heterocycles. The number of esters is 1. The first-order chi connectivity index (χ1) is 21.3. The number of aromatic nitrogens is 2. The van der Waals surface area contributed by atoms with E-state index in [1.807, 2.05) is 0 Å². The van der Waals surface area contributed by atoms with Crippen molar-refractivity contribution in [2.45, 2.75) is 29.5 Å². The molecule has 1 aromatic heterocycles. The monoisotopic (exact) mass is 632 g/mol. The lowest BCUT2D eigenvalue weighted by Crippen LogP contribution is -2.38. The number of methoxy groups -OCH3 is 3. The quantitative estimate of drug-likeness (QED) is 0.253. The van der Waals surface area contributed by atoms with Crippen molar-refractivity contribution in [1.82, 2.24) is 10.2 Å². The largest absolute Gasteiger partial charge is 0.497 e. The summed E-state index contributed by atoms with van der Waals surface area (Å²) in [4.78, 5) is 39.7. The van der Waals surface area contributed by atoms with E-state index in [4.69, 9.17) is 19.9 Å². The highest BCUT2D eigenvalue weighted by Crippen LogP contribution is 2.47. The molecule has 0 fully saturated rings. The third-order valence-corrected chi connectivity index (χ3v) is 9.22. The number of nitrogens with one attached hydrogen (secondary N) is 1. The molecule has 226 valence electrons. The van der Waals surface area contributed by atoms with Crippen LogP contribution in [-0.4, -0.2) is 54.9 Å². The number of carbonyl (C=O) groups is 3. The fourth-order valence-electron chi connectivity index (χ4n) is 5.13. The highest BCUT2D eigenvalue weighted by molar-refractivity contribution is 8.01. The molecule has 0 bridgehead atoms. The molecule has 1 aliphatic carbocycles. The molecule has 14 heteroatoms. The number of carbonyl (C=O) groups excluding carboxylic acids is 3. The van der Waals surface area contributed by atoms with Crippen LogP contribution in [0.2, 0.25) is 0 Å². The smallest absolute Gasteiger partial charge is 0.337 e. The van der Waals surface area contributed by atoms with Gasteiger partial charge in [0.05, 0.1) is 55.9 Å². The van der Waals surface area contributed by atoms with E-state index in [0.29, 0.717) is 68.3 Å². The molecule has 5 rings (SSSR count). The lowest BCUT2D eigenvalue weighted by molar-refractivity contribution is -0.116. The summed E-state index contributed by atoms with van der Waals surface area (Å²) in [5, 5.41) is 22.0. The van der Waals surface area contributed by atoms with Crippen molar-refractivity contribution in [3.05, 3.63) is 76.3 Å². The standard InChI is InChI=1S/C30H28N6O6S2/c1-40-18-11-12-20(23(13-18)41-2)33-24(38)15-43-30-35-34-29(44-30)36-21-5-4-6-22(37)26(21)25(19(14-31)27(36)32)16-7-9-17(10-8-16)28(39)42-3/h7-13,25H,4-6,15,32H2,1-3H3,(H,33,38). The Hall–Kier alpha value is -4.87.